The average molecular weight is 473 g/mol. The smallest absolute Gasteiger partial charge is 0.300 e. The number of nitrogens with one attached hydrogen (secondary N) is 2. The summed E-state index contributed by atoms with van der Waals surface area (Å²) in [5.41, 5.74) is 2.88. The Kier molecular flexibility index (Phi) is 7.37. The largest absolute Gasteiger partial charge is 0.459 e. The van der Waals surface area contributed by atoms with Gasteiger partial charge >= 0.3 is 5.91 Å². The molecule has 10 heteroatoms. The van der Waals surface area contributed by atoms with Crippen molar-refractivity contribution in [3.63, 3.8) is 0 Å². The highest BCUT2D eigenvalue weighted by atomic mass is 32.2. The van der Waals surface area contributed by atoms with Crippen LogP contribution in [-0.2, 0) is 23.1 Å². The Labute approximate surface area is 193 Å². The summed E-state index contributed by atoms with van der Waals surface area (Å²) in [6.07, 6.45) is 5.09. The molecule has 2 heterocycles. The van der Waals surface area contributed by atoms with Crippen molar-refractivity contribution in [2.75, 3.05) is 0 Å². The number of nitrogens with zero attached hydrogens (tertiary/aromatic N) is 2. The molecule has 9 nitrogen and oxygen atoms in total. The van der Waals surface area contributed by atoms with Crippen molar-refractivity contribution in [2.24, 2.45) is 0 Å². The number of rotatable bonds is 9. The van der Waals surface area contributed by atoms with Crippen LogP contribution in [0, 0.1) is 20.8 Å². The number of carbonyl (C=O) groups excluding carboxylic acids is 2. The lowest BCUT2D eigenvalue weighted by atomic mass is 10.1. The second-order valence-electron chi connectivity index (χ2n) is 7.89. The van der Waals surface area contributed by atoms with Gasteiger partial charge in [-0.2, -0.15) is 5.10 Å². The SMILES string of the molecule is CCCCn1cc(C(=O)NCc2ccc(S(=O)(=O)NC(=O)c3occc3C)c(C)c2)c(C)n1. The van der Waals surface area contributed by atoms with Crippen LogP contribution in [0.1, 0.15) is 63.1 Å². The molecule has 2 N–H and O–H groups in total. The Morgan fingerprint density at radius 1 is 1.09 bits per heavy atom. The Balaban J connectivity index is 1.67. The lowest BCUT2D eigenvalue weighted by molar-refractivity contribution is 0.0943. The van der Waals surface area contributed by atoms with Crippen LogP contribution in [0.2, 0.25) is 0 Å². The van der Waals surface area contributed by atoms with Gasteiger partial charge in [0.2, 0.25) is 0 Å². The number of carbonyl (C=O) groups is 2. The first kappa shape index (κ1) is 24.2. The summed E-state index contributed by atoms with van der Waals surface area (Å²) in [4.78, 5) is 24.8. The Hall–Kier alpha value is -3.40. The van der Waals surface area contributed by atoms with Crippen LogP contribution in [0.4, 0.5) is 0 Å². The van der Waals surface area contributed by atoms with E-state index in [0.29, 0.717) is 22.4 Å². The Morgan fingerprint density at radius 2 is 1.85 bits per heavy atom. The summed E-state index contributed by atoms with van der Waals surface area (Å²) >= 11 is 0. The summed E-state index contributed by atoms with van der Waals surface area (Å²) in [5, 5.41) is 7.22. The predicted octanol–water partition coefficient (Wildman–Crippen LogP) is 3.25. The summed E-state index contributed by atoms with van der Waals surface area (Å²) < 4.78 is 34.2. The summed E-state index contributed by atoms with van der Waals surface area (Å²) in [5.74, 6) is -1.13. The van der Waals surface area contributed by atoms with E-state index in [4.69, 9.17) is 4.42 Å². The van der Waals surface area contributed by atoms with Crippen LogP contribution in [0.5, 0.6) is 0 Å². The van der Waals surface area contributed by atoms with Gasteiger partial charge in [0.25, 0.3) is 15.9 Å². The molecule has 0 aliphatic rings. The number of furan rings is 1. The molecule has 176 valence electrons. The molecular weight excluding hydrogens is 444 g/mol. The van der Waals surface area contributed by atoms with E-state index in [1.807, 2.05) is 4.72 Å². The third-order valence-electron chi connectivity index (χ3n) is 5.21. The van der Waals surface area contributed by atoms with Gasteiger partial charge in [-0.05, 0) is 50.5 Å². The first-order valence-corrected chi connectivity index (χ1v) is 12.1. The highest BCUT2D eigenvalue weighted by Crippen LogP contribution is 2.18. The van der Waals surface area contributed by atoms with Crippen LogP contribution in [0.3, 0.4) is 0 Å². The molecule has 0 saturated heterocycles. The molecule has 33 heavy (non-hydrogen) atoms. The molecule has 0 radical (unpaired) electrons. The molecule has 0 atom stereocenters. The lowest BCUT2D eigenvalue weighted by Gasteiger charge is -2.11. The van der Waals surface area contributed by atoms with Crippen LogP contribution < -0.4 is 10.0 Å². The van der Waals surface area contributed by atoms with Crippen molar-refractivity contribution in [3.8, 4) is 0 Å². The molecule has 2 aromatic heterocycles. The minimum Gasteiger partial charge on any atom is -0.459 e. The Morgan fingerprint density at radius 3 is 2.48 bits per heavy atom. The number of aromatic nitrogens is 2. The minimum atomic E-state index is -4.09. The van der Waals surface area contributed by atoms with Gasteiger partial charge in [-0.25, -0.2) is 13.1 Å². The van der Waals surface area contributed by atoms with Gasteiger partial charge in [0.1, 0.15) is 0 Å². The van der Waals surface area contributed by atoms with E-state index in [-0.39, 0.29) is 23.1 Å². The zero-order valence-corrected chi connectivity index (χ0v) is 20.0. The zero-order valence-electron chi connectivity index (χ0n) is 19.1. The maximum absolute atomic E-state index is 12.7. The number of aryl methyl sites for hydroxylation is 4. The van der Waals surface area contributed by atoms with E-state index in [0.717, 1.165) is 24.9 Å². The van der Waals surface area contributed by atoms with Gasteiger partial charge in [-0.15, -0.1) is 0 Å². The predicted molar refractivity (Wildman–Crippen MR) is 122 cm³/mol. The van der Waals surface area contributed by atoms with Gasteiger partial charge in [-0.1, -0.05) is 25.5 Å². The molecule has 3 rings (SSSR count). The zero-order chi connectivity index (χ0) is 24.2. The average Bonchev–Trinajstić information content (AvgIpc) is 3.35. The standard InChI is InChI=1S/C23H28N4O5S/c1-5-6-10-27-14-19(17(4)25-27)22(28)24-13-18-7-8-20(16(3)12-18)33(30,31)26-23(29)21-15(2)9-11-32-21/h7-9,11-12,14H,5-6,10,13H2,1-4H3,(H,24,28)(H,26,29). The van der Waals surface area contributed by atoms with Crippen LogP contribution in [-0.4, -0.2) is 30.0 Å². The van der Waals surface area contributed by atoms with E-state index < -0.39 is 15.9 Å². The van der Waals surface area contributed by atoms with E-state index >= 15 is 0 Å². The van der Waals surface area contributed by atoms with E-state index in [1.165, 1.54) is 12.3 Å². The number of benzene rings is 1. The number of amides is 2. The first-order chi connectivity index (χ1) is 15.6. The van der Waals surface area contributed by atoms with Crippen LogP contribution in [0.15, 0.2) is 46.0 Å². The third-order valence-corrected chi connectivity index (χ3v) is 6.70. The molecule has 0 fully saturated rings. The van der Waals surface area contributed by atoms with Crippen molar-refractivity contribution < 1.29 is 22.4 Å². The first-order valence-electron chi connectivity index (χ1n) is 10.7. The maximum Gasteiger partial charge on any atom is 0.300 e. The fraction of sp³-hybridized carbons (Fsp3) is 0.348. The van der Waals surface area contributed by atoms with Crippen molar-refractivity contribution in [3.05, 3.63) is 70.4 Å². The molecule has 2 amide bonds. The molecular formula is C23H28N4O5S. The molecule has 0 spiro atoms. The summed E-state index contributed by atoms with van der Waals surface area (Å²) in [6.45, 7) is 8.14. The molecule has 0 unspecified atom stereocenters. The van der Waals surface area contributed by atoms with Crippen LogP contribution >= 0.6 is 0 Å². The van der Waals surface area contributed by atoms with Gasteiger partial charge in [0.05, 0.1) is 22.4 Å². The fourth-order valence-corrected chi connectivity index (χ4v) is 4.58. The van der Waals surface area contributed by atoms with Crippen molar-refractivity contribution in [1.29, 1.82) is 0 Å². The van der Waals surface area contributed by atoms with Crippen molar-refractivity contribution >= 4 is 21.8 Å². The minimum absolute atomic E-state index is 0.0248. The molecule has 0 saturated carbocycles. The quantitative estimate of drug-likeness (QED) is 0.493. The molecule has 3 aromatic rings. The van der Waals surface area contributed by atoms with E-state index in [9.17, 15) is 18.0 Å². The van der Waals surface area contributed by atoms with Crippen molar-refractivity contribution in [2.45, 2.75) is 58.5 Å². The topological polar surface area (TPSA) is 123 Å². The lowest BCUT2D eigenvalue weighted by Crippen LogP contribution is -2.31. The van der Waals surface area contributed by atoms with E-state index in [1.54, 1.807) is 49.8 Å². The van der Waals surface area contributed by atoms with Gasteiger partial charge < -0.3 is 9.73 Å². The highest BCUT2D eigenvalue weighted by molar-refractivity contribution is 7.90. The van der Waals surface area contributed by atoms with Crippen molar-refractivity contribution in [1.82, 2.24) is 19.8 Å². The number of sulfonamides is 1. The highest BCUT2D eigenvalue weighted by Gasteiger charge is 2.23. The van der Waals surface area contributed by atoms with Crippen LogP contribution in [0.25, 0.3) is 0 Å². The van der Waals surface area contributed by atoms with Gasteiger partial charge in [-0.3, -0.25) is 14.3 Å². The second kappa shape index (κ2) is 10.0. The van der Waals surface area contributed by atoms with Gasteiger partial charge in [0, 0.05) is 24.8 Å². The molecule has 0 aliphatic heterocycles. The molecule has 1 aromatic carbocycles. The molecule has 0 bridgehead atoms. The monoisotopic (exact) mass is 472 g/mol. The second-order valence-corrected chi connectivity index (χ2v) is 9.55. The fourth-order valence-electron chi connectivity index (χ4n) is 3.40. The maximum atomic E-state index is 12.7. The normalized spacial score (nSPS) is 11.4. The summed E-state index contributed by atoms with van der Waals surface area (Å²) in [6, 6.07) is 6.25. The third kappa shape index (κ3) is 5.70. The summed E-state index contributed by atoms with van der Waals surface area (Å²) in [7, 11) is -4.09. The number of unbranched alkanes of at least 4 members (excludes halogenated alkanes) is 1. The van der Waals surface area contributed by atoms with E-state index in [2.05, 4.69) is 17.3 Å². The number of hydrogen-bond acceptors (Lipinski definition) is 6. The van der Waals surface area contributed by atoms with Gasteiger partial charge in [0.15, 0.2) is 5.76 Å². The Bertz CT molecular complexity index is 1270. The number of hydrogen-bond donors (Lipinski definition) is 2. The molecule has 0 aliphatic carbocycles.